The van der Waals surface area contributed by atoms with Crippen LogP contribution in [0.2, 0.25) is 0 Å². The molecule has 2 aliphatic rings. The van der Waals surface area contributed by atoms with E-state index in [9.17, 15) is 0 Å². The van der Waals surface area contributed by atoms with Gasteiger partial charge in [0.05, 0.1) is 0 Å². The summed E-state index contributed by atoms with van der Waals surface area (Å²) in [5.74, 6) is 1.24. The van der Waals surface area contributed by atoms with E-state index >= 15 is 0 Å². The topological polar surface area (TPSA) is 0 Å². The van der Waals surface area contributed by atoms with Crippen LogP contribution < -0.4 is 0 Å². The zero-order chi connectivity index (χ0) is 19.2. The average molecular weight is 387 g/mol. The van der Waals surface area contributed by atoms with Gasteiger partial charge in [-0.1, -0.05) is 74.3 Å². The number of benzene rings is 1. The van der Waals surface area contributed by atoms with Crippen molar-refractivity contribution in [3.05, 3.63) is 57.7 Å². The molecule has 0 N–H and O–H groups in total. The molecule has 2 fully saturated rings. The molecule has 2 aliphatic heterocycles. The minimum atomic E-state index is 0.620. The van der Waals surface area contributed by atoms with Crippen LogP contribution in [0.25, 0.3) is 0 Å². The largest absolute Gasteiger partial charge is 0.111 e. The fourth-order valence-electron chi connectivity index (χ4n) is 5.68. The lowest BCUT2D eigenvalue weighted by Gasteiger charge is -2.28. The maximum Gasteiger partial charge on any atom is 0.0122 e. The molecule has 1 aromatic rings. The Balaban J connectivity index is 2.16. The summed E-state index contributed by atoms with van der Waals surface area (Å²) < 4.78 is 0. The van der Waals surface area contributed by atoms with Crippen molar-refractivity contribution in [3.63, 3.8) is 0 Å². The van der Waals surface area contributed by atoms with Gasteiger partial charge in [-0.25, -0.2) is 0 Å². The zero-order valence-corrected chi connectivity index (χ0v) is 19.8. The predicted octanol–water partition coefficient (Wildman–Crippen LogP) is 7.46. The first-order valence-electron chi connectivity index (χ1n) is 10.2. The van der Waals surface area contributed by atoms with Crippen LogP contribution in [-0.4, -0.2) is 22.6 Å². The van der Waals surface area contributed by atoms with Crippen molar-refractivity contribution >= 4 is 17.2 Å². The van der Waals surface area contributed by atoms with Gasteiger partial charge in [-0.3, -0.25) is 0 Å². The van der Waals surface area contributed by atoms with E-state index in [1.807, 2.05) is 0 Å². The van der Waals surface area contributed by atoms with Crippen LogP contribution in [0, 0.1) is 0 Å². The lowest BCUT2D eigenvalue weighted by molar-refractivity contribution is 0.722. The normalized spacial score (nSPS) is 36.3. The van der Waals surface area contributed by atoms with Gasteiger partial charge in [0.1, 0.15) is 0 Å². The molecule has 0 saturated carbocycles. The molecule has 3 rings (SSSR count). The first-order valence-corrected chi connectivity index (χ1v) is 12.5. The number of allylic oxidation sites excluding steroid dienone is 4. The van der Waals surface area contributed by atoms with Gasteiger partial charge in [-0.05, 0) is 61.5 Å². The third-order valence-corrected chi connectivity index (χ3v) is 9.79. The lowest BCUT2D eigenvalue weighted by Crippen LogP contribution is -2.17. The van der Waals surface area contributed by atoms with Gasteiger partial charge in [0.2, 0.25) is 0 Å². The van der Waals surface area contributed by atoms with Crippen molar-refractivity contribution in [1.82, 2.24) is 0 Å². The smallest absolute Gasteiger partial charge is 0.0122 e. The third-order valence-electron chi connectivity index (χ3n) is 6.45. The maximum absolute atomic E-state index is 2.48. The van der Waals surface area contributed by atoms with Crippen molar-refractivity contribution in [1.29, 1.82) is 0 Å². The van der Waals surface area contributed by atoms with E-state index in [0.29, 0.717) is 11.8 Å². The molecule has 0 bridgehead atoms. The van der Waals surface area contributed by atoms with Crippen molar-refractivity contribution in [2.45, 2.75) is 89.9 Å². The van der Waals surface area contributed by atoms with Crippen LogP contribution >= 0.6 is 17.2 Å². The Morgan fingerprint density at radius 2 is 1.00 bits per heavy atom. The molecule has 8 atom stereocenters. The second kappa shape index (κ2) is 7.89. The van der Waals surface area contributed by atoms with Crippen LogP contribution in [0.1, 0.15) is 78.4 Å². The van der Waals surface area contributed by atoms with Gasteiger partial charge in [0.25, 0.3) is 0 Å². The highest BCUT2D eigenvalue weighted by molar-refractivity contribution is 7.41. The highest BCUT2D eigenvalue weighted by atomic mass is 31.1. The van der Waals surface area contributed by atoms with Gasteiger partial charge in [-0.15, -0.1) is 17.2 Å². The predicted molar refractivity (Wildman–Crippen MR) is 123 cm³/mol. The van der Waals surface area contributed by atoms with Crippen molar-refractivity contribution < 1.29 is 0 Å². The molecule has 0 amide bonds. The van der Waals surface area contributed by atoms with Crippen LogP contribution in [0.3, 0.4) is 0 Å². The van der Waals surface area contributed by atoms with Gasteiger partial charge in [-0.2, -0.15) is 0 Å². The second-order valence-corrected chi connectivity index (χ2v) is 13.1. The van der Waals surface area contributed by atoms with E-state index in [-0.39, 0.29) is 0 Å². The summed E-state index contributed by atoms with van der Waals surface area (Å²) in [5, 5.41) is 0. The van der Waals surface area contributed by atoms with E-state index in [1.54, 1.807) is 33.4 Å². The summed E-state index contributed by atoms with van der Waals surface area (Å²) in [6.07, 6.45) is 0. The summed E-state index contributed by atoms with van der Waals surface area (Å²) in [6, 6.07) is 9.44. The zero-order valence-electron chi connectivity index (χ0n) is 17.8. The Hall–Kier alpha value is -0.440. The summed E-state index contributed by atoms with van der Waals surface area (Å²) in [6.45, 7) is 19.2. The first kappa shape index (κ1) is 20.3. The van der Waals surface area contributed by atoms with Crippen LogP contribution in [-0.2, 0) is 0 Å². The Morgan fingerprint density at radius 3 is 1.31 bits per heavy atom. The maximum atomic E-state index is 2.48. The first-order chi connectivity index (χ1) is 12.2. The van der Waals surface area contributed by atoms with Crippen molar-refractivity contribution in [2.75, 3.05) is 0 Å². The summed E-state index contributed by atoms with van der Waals surface area (Å²) in [5.41, 5.74) is 12.8. The Morgan fingerprint density at radius 1 is 0.654 bits per heavy atom. The number of hydrogen-bond donors (Lipinski definition) is 0. The summed E-state index contributed by atoms with van der Waals surface area (Å²) in [7, 11) is 2.10. The average Bonchev–Trinajstić information content (AvgIpc) is 3.02. The molecule has 0 aromatic heterocycles. The quantitative estimate of drug-likeness (QED) is 0.365. The van der Waals surface area contributed by atoms with Gasteiger partial charge < -0.3 is 0 Å². The fraction of sp³-hybridized carbons (Fsp3) is 0.583. The number of hydrogen-bond acceptors (Lipinski definition) is 0. The summed E-state index contributed by atoms with van der Waals surface area (Å²) >= 11 is 0. The highest BCUT2D eigenvalue weighted by Gasteiger charge is 2.41. The standard InChI is InChI=1S/C24H36P2/c1-13(2)21-15(5)25-17(7)23(21)19-11-9-10-12-20(19)24-18(8)26-16(6)22(24)14(3)4/h9-12,15-18,23-26H,1-8H3/t15-,16-,17-,18-,23-,24-/m0/s1. The minimum Gasteiger partial charge on any atom is -0.111 e. The van der Waals surface area contributed by atoms with Crippen molar-refractivity contribution in [3.8, 4) is 0 Å². The summed E-state index contributed by atoms with van der Waals surface area (Å²) in [4.78, 5) is 0. The Bertz CT molecular complexity index is 671. The van der Waals surface area contributed by atoms with Crippen molar-refractivity contribution in [2.24, 2.45) is 0 Å². The molecule has 2 heterocycles. The molecular formula is C24H36P2. The molecule has 1 aromatic carbocycles. The molecule has 0 nitrogen and oxygen atoms in total. The van der Waals surface area contributed by atoms with Crippen LogP contribution in [0.15, 0.2) is 46.6 Å². The molecule has 2 saturated heterocycles. The third kappa shape index (κ3) is 3.50. The molecule has 2 heteroatoms. The molecule has 26 heavy (non-hydrogen) atoms. The monoisotopic (exact) mass is 386 g/mol. The van der Waals surface area contributed by atoms with E-state index in [2.05, 4.69) is 79.7 Å². The fourth-order valence-corrected chi connectivity index (χ4v) is 9.65. The lowest BCUT2D eigenvalue weighted by atomic mass is 9.76. The van der Waals surface area contributed by atoms with Crippen LogP contribution in [0.5, 0.6) is 0 Å². The van der Waals surface area contributed by atoms with E-state index in [0.717, 1.165) is 39.8 Å². The minimum absolute atomic E-state index is 0.620. The van der Waals surface area contributed by atoms with E-state index < -0.39 is 0 Å². The molecule has 0 aliphatic carbocycles. The van der Waals surface area contributed by atoms with Gasteiger partial charge in [0.15, 0.2) is 0 Å². The van der Waals surface area contributed by atoms with Gasteiger partial charge >= 0.3 is 0 Å². The van der Waals surface area contributed by atoms with E-state index in [4.69, 9.17) is 0 Å². The molecule has 142 valence electrons. The van der Waals surface area contributed by atoms with Crippen LogP contribution in [0.4, 0.5) is 0 Å². The number of rotatable bonds is 2. The van der Waals surface area contributed by atoms with Gasteiger partial charge in [0, 0.05) is 11.8 Å². The molecule has 2 unspecified atom stereocenters. The Kier molecular flexibility index (Phi) is 6.16. The molecular weight excluding hydrogens is 350 g/mol. The Labute approximate surface area is 164 Å². The highest BCUT2D eigenvalue weighted by Crippen LogP contribution is 2.58. The SMILES string of the molecule is CC(C)=C1[C@H](C)P[C@@H](C)[C@H]1c1ccccc1[C@H]1C(=C(C)C)[C@H](C)P[C@H]1C. The van der Waals surface area contributed by atoms with E-state index in [1.165, 1.54) is 0 Å². The second-order valence-electron chi connectivity index (χ2n) is 8.85. The molecule has 0 spiro atoms. The molecule has 0 radical (unpaired) electrons.